The number of carbonyl (C=O) groups is 2. The molecule has 1 atom stereocenters. The Morgan fingerprint density at radius 1 is 1.53 bits per heavy atom. The predicted octanol–water partition coefficient (Wildman–Crippen LogP) is 1.67. The molecule has 0 aliphatic carbocycles. The molecular formula is C12H13NO3S. The summed E-state index contributed by atoms with van der Waals surface area (Å²) in [7, 11) is 0. The number of benzene rings is 1. The molecule has 0 bridgehead atoms. The van der Waals surface area contributed by atoms with Crippen molar-refractivity contribution >= 4 is 30.2 Å². The smallest absolute Gasteiger partial charge is 0.335 e. The minimum atomic E-state index is -0.982. The highest BCUT2D eigenvalue weighted by molar-refractivity contribution is 7.80. The average molecular weight is 251 g/mol. The first kappa shape index (κ1) is 12.0. The van der Waals surface area contributed by atoms with Crippen LogP contribution in [0, 0.1) is 5.92 Å². The molecular weight excluding hydrogens is 238 g/mol. The summed E-state index contributed by atoms with van der Waals surface area (Å²) in [5, 5.41) is 8.90. The molecule has 0 aromatic heterocycles. The third-order valence-electron chi connectivity index (χ3n) is 2.87. The quantitative estimate of drug-likeness (QED) is 0.803. The second-order valence-electron chi connectivity index (χ2n) is 4.11. The number of hydrogen-bond donors (Lipinski definition) is 2. The van der Waals surface area contributed by atoms with Gasteiger partial charge < -0.3 is 10.0 Å². The van der Waals surface area contributed by atoms with Crippen LogP contribution in [0.3, 0.4) is 0 Å². The summed E-state index contributed by atoms with van der Waals surface area (Å²) >= 11 is 4.19. The number of rotatable bonds is 3. The summed E-state index contributed by atoms with van der Waals surface area (Å²) in [6.45, 7) is 0.616. The second kappa shape index (κ2) is 4.79. The molecule has 1 heterocycles. The third-order valence-corrected chi connectivity index (χ3v) is 3.38. The maximum atomic E-state index is 11.8. The Balaban J connectivity index is 2.25. The van der Waals surface area contributed by atoms with E-state index in [4.69, 9.17) is 5.11 Å². The van der Waals surface area contributed by atoms with Crippen LogP contribution in [0.1, 0.15) is 16.8 Å². The van der Waals surface area contributed by atoms with Gasteiger partial charge in [0, 0.05) is 18.7 Å². The topological polar surface area (TPSA) is 57.6 Å². The molecule has 1 fully saturated rings. The van der Waals surface area contributed by atoms with Crippen LogP contribution in [-0.2, 0) is 4.79 Å². The molecule has 1 N–H and O–H groups in total. The normalized spacial score (nSPS) is 19.7. The number of hydrogen-bond acceptors (Lipinski definition) is 3. The standard InChI is InChI=1S/C12H13NO3S/c14-11-4-8(7-17)6-13(11)10-3-1-2-9(5-10)12(15)16/h1-3,5,8,17H,4,6-7H2,(H,15,16). The Hall–Kier alpha value is -1.49. The molecule has 2 rings (SSSR count). The Morgan fingerprint density at radius 2 is 2.29 bits per heavy atom. The van der Waals surface area contributed by atoms with E-state index in [0.29, 0.717) is 24.4 Å². The van der Waals surface area contributed by atoms with Crippen molar-refractivity contribution in [1.29, 1.82) is 0 Å². The van der Waals surface area contributed by atoms with Gasteiger partial charge in [-0.3, -0.25) is 4.79 Å². The van der Waals surface area contributed by atoms with Crippen LogP contribution in [-0.4, -0.2) is 29.3 Å². The molecule has 0 radical (unpaired) electrons. The summed E-state index contributed by atoms with van der Waals surface area (Å²) in [5.41, 5.74) is 0.851. The number of amides is 1. The molecule has 5 heteroatoms. The number of anilines is 1. The van der Waals surface area contributed by atoms with E-state index in [2.05, 4.69) is 12.6 Å². The molecule has 90 valence electrons. The van der Waals surface area contributed by atoms with Gasteiger partial charge in [-0.05, 0) is 29.9 Å². The number of carboxylic acid groups (broad SMARTS) is 1. The molecule has 4 nitrogen and oxygen atoms in total. The summed E-state index contributed by atoms with van der Waals surface area (Å²) in [5.74, 6) is -0.0314. The Labute approximate surface area is 105 Å². The fourth-order valence-electron chi connectivity index (χ4n) is 1.96. The van der Waals surface area contributed by atoms with Crippen molar-refractivity contribution < 1.29 is 14.7 Å². The zero-order valence-electron chi connectivity index (χ0n) is 9.17. The molecule has 1 saturated heterocycles. The molecule has 0 saturated carbocycles. The van der Waals surface area contributed by atoms with Crippen molar-refractivity contribution in [2.75, 3.05) is 17.2 Å². The van der Waals surface area contributed by atoms with Crippen molar-refractivity contribution in [2.24, 2.45) is 5.92 Å². The Kier molecular flexibility index (Phi) is 3.38. The maximum Gasteiger partial charge on any atom is 0.335 e. The highest BCUT2D eigenvalue weighted by Crippen LogP contribution is 2.26. The van der Waals surface area contributed by atoms with Gasteiger partial charge in [0.15, 0.2) is 0 Å². The largest absolute Gasteiger partial charge is 0.478 e. The average Bonchev–Trinajstić information content (AvgIpc) is 2.71. The van der Waals surface area contributed by atoms with Crippen LogP contribution in [0.15, 0.2) is 24.3 Å². The van der Waals surface area contributed by atoms with E-state index < -0.39 is 5.97 Å². The monoisotopic (exact) mass is 251 g/mol. The van der Waals surface area contributed by atoms with Crippen LogP contribution < -0.4 is 4.90 Å². The van der Waals surface area contributed by atoms with Crippen molar-refractivity contribution in [1.82, 2.24) is 0 Å². The summed E-state index contributed by atoms with van der Waals surface area (Å²) in [4.78, 5) is 24.3. The minimum absolute atomic E-state index is 0.0339. The maximum absolute atomic E-state index is 11.8. The Morgan fingerprint density at radius 3 is 2.88 bits per heavy atom. The van der Waals surface area contributed by atoms with Gasteiger partial charge in [0.25, 0.3) is 0 Å². The molecule has 1 aliphatic heterocycles. The van der Waals surface area contributed by atoms with E-state index in [9.17, 15) is 9.59 Å². The summed E-state index contributed by atoms with van der Waals surface area (Å²) in [6, 6.07) is 6.45. The van der Waals surface area contributed by atoms with Gasteiger partial charge in [-0.1, -0.05) is 6.07 Å². The van der Waals surface area contributed by atoms with Gasteiger partial charge in [-0.2, -0.15) is 12.6 Å². The lowest BCUT2D eigenvalue weighted by Crippen LogP contribution is -2.24. The molecule has 1 aromatic carbocycles. The van der Waals surface area contributed by atoms with E-state index in [1.807, 2.05) is 0 Å². The zero-order valence-corrected chi connectivity index (χ0v) is 10.1. The fraction of sp³-hybridized carbons (Fsp3) is 0.333. The summed E-state index contributed by atoms with van der Waals surface area (Å²) in [6.07, 6.45) is 0.487. The summed E-state index contributed by atoms with van der Waals surface area (Å²) < 4.78 is 0. The molecule has 1 aliphatic rings. The lowest BCUT2D eigenvalue weighted by atomic mass is 10.1. The second-order valence-corrected chi connectivity index (χ2v) is 4.48. The number of aromatic carboxylic acids is 1. The van der Waals surface area contributed by atoms with Crippen LogP contribution >= 0.6 is 12.6 Å². The van der Waals surface area contributed by atoms with Gasteiger partial charge in [0.05, 0.1) is 5.56 Å². The van der Waals surface area contributed by atoms with E-state index in [0.717, 1.165) is 0 Å². The number of nitrogens with zero attached hydrogens (tertiary/aromatic N) is 1. The van der Waals surface area contributed by atoms with E-state index in [1.165, 1.54) is 12.1 Å². The van der Waals surface area contributed by atoms with E-state index >= 15 is 0 Å². The number of carboxylic acids is 1. The molecule has 17 heavy (non-hydrogen) atoms. The first-order chi connectivity index (χ1) is 8.11. The van der Waals surface area contributed by atoms with Gasteiger partial charge in [-0.15, -0.1) is 0 Å². The van der Waals surface area contributed by atoms with Crippen LogP contribution in [0.4, 0.5) is 5.69 Å². The molecule has 1 unspecified atom stereocenters. The molecule has 1 amide bonds. The van der Waals surface area contributed by atoms with Gasteiger partial charge in [0.2, 0.25) is 5.91 Å². The zero-order chi connectivity index (χ0) is 12.4. The molecule has 1 aromatic rings. The predicted molar refractivity (Wildman–Crippen MR) is 67.7 cm³/mol. The first-order valence-electron chi connectivity index (χ1n) is 5.36. The molecule has 0 spiro atoms. The van der Waals surface area contributed by atoms with Crippen LogP contribution in [0.2, 0.25) is 0 Å². The van der Waals surface area contributed by atoms with Crippen LogP contribution in [0.5, 0.6) is 0 Å². The van der Waals surface area contributed by atoms with Gasteiger partial charge in [-0.25, -0.2) is 4.79 Å². The lowest BCUT2D eigenvalue weighted by molar-refractivity contribution is -0.117. The van der Waals surface area contributed by atoms with E-state index in [1.54, 1.807) is 17.0 Å². The number of thiol groups is 1. The first-order valence-corrected chi connectivity index (χ1v) is 5.99. The Bertz CT molecular complexity index is 461. The van der Waals surface area contributed by atoms with Gasteiger partial charge in [0.1, 0.15) is 0 Å². The van der Waals surface area contributed by atoms with Crippen LogP contribution in [0.25, 0.3) is 0 Å². The lowest BCUT2D eigenvalue weighted by Gasteiger charge is -2.16. The van der Waals surface area contributed by atoms with E-state index in [-0.39, 0.29) is 17.4 Å². The highest BCUT2D eigenvalue weighted by atomic mass is 32.1. The van der Waals surface area contributed by atoms with Gasteiger partial charge >= 0.3 is 5.97 Å². The van der Waals surface area contributed by atoms with Crippen molar-refractivity contribution in [2.45, 2.75) is 6.42 Å². The third kappa shape index (κ3) is 2.44. The number of carbonyl (C=O) groups excluding carboxylic acids is 1. The minimum Gasteiger partial charge on any atom is -0.478 e. The SMILES string of the molecule is O=C(O)c1cccc(N2CC(CS)CC2=O)c1. The van der Waals surface area contributed by atoms with Crippen molar-refractivity contribution in [3.05, 3.63) is 29.8 Å². The fourth-order valence-corrected chi connectivity index (χ4v) is 2.20. The highest BCUT2D eigenvalue weighted by Gasteiger charge is 2.29. The van der Waals surface area contributed by atoms with Crippen molar-refractivity contribution in [3.8, 4) is 0 Å². The van der Waals surface area contributed by atoms with Crippen molar-refractivity contribution in [3.63, 3.8) is 0 Å².